The van der Waals surface area contributed by atoms with Crippen molar-refractivity contribution in [3.8, 4) is 0 Å². The van der Waals surface area contributed by atoms with E-state index in [2.05, 4.69) is 20.9 Å². The number of halogens is 1. The van der Waals surface area contributed by atoms with Gasteiger partial charge in [0.2, 0.25) is 0 Å². The zero-order chi connectivity index (χ0) is 21.8. The van der Waals surface area contributed by atoms with Gasteiger partial charge in [-0.1, -0.05) is 12.1 Å². The third-order valence-electron chi connectivity index (χ3n) is 4.82. The molecule has 0 saturated carbocycles. The van der Waals surface area contributed by atoms with E-state index in [1.807, 2.05) is 49.4 Å². The van der Waals surface area contributed by atoms with Gasteiger partial charge in [-0.05, 0) is 67.6 Å². The second-order valence-corrected chi connectivity index (χ2v) is 7.09. The van der Waals surface area contributed by atoms with Gasteiger partial charge in [-0.2, -0.15) is 0 Å². The molecule has 0 aliphatic rings. The second kappa shape index (κ2) is 8.62. The van der Waals surface area contributed by atoms with Crippen LogP contribution in [0.1, 0.15) is 5.69 Å². The molecular formula is C24H23FN6. The van der Waals surface area contributed by atoms with Gasteiger partial charge < -0.3 is 27.4 Å². The van der Waals surface area contributed by atoms with Gasteiger partial charge in [-0.15, -0.1) is 0 Å². The van der Waals surface area contributed by atoms with Gasteiger partial charge in [0, 0.05) is 11.9 Å². The molecule has 1 aromatic heterocycles. The Balaban J connectivity index is 1.62. The Kier molecular flexibility index (Phi) is 5.57. The van der Waals surface area contributed by atoms with Crippen molar-refractivity contribution in [2.75, 3.05) is 27.4 Å². The van der Waals surface area contributed by atoms with Gasteiger partial charge in [-0.3, -0.25) is 4.98 Å². The molecule has 0 bridgehead atoms. The molecule has 156 valence electrons. The zero-order valence-corrected chi connectivity index (χ0v) is 17.0. The number of para-hydroxylation sites is 2. The molecule has 3 aromatic carbocycles. The van der Waals surface area contributed by atoms with Gasteiger partial charge in [0.1, 0.15) is 5.82 Å². The Morgan fingerprint density at radius 3 is 1.90 bits per heavy atom. The minimum atomic E-state index is -0.282. The van der Waals surface area contributed by atoms with Crippen LogP contribution >= 0.6 is 0 Å². The van der Waals surface area contributed by atoms with Crippen LogP contribution in [0.4, 0.5) is 49.9 Å². The summed E-state index contributed by atoms with van der Waals surface area (Å²) in [5.74, 6) is -0.282. The van der Waals surface area contributed by atoms with E-state index < -0.39 is 0 Å². The minimum Gasteiger partial charge on any atom is -0.397 e. The van der Waals surface area contributed by atoms with Crippen LogP contribution in [0.3, 0.4) is 0 Å². The van der Waals surface area contributed by atoms with Gasteiger partial charge >= 0.3 is 0 Å². The van der Waals surface area contributed by atoms with Gasteiger partial charge in [0.05, 0.1) is 45.5 Å². The number of nitrogen functional groups attached to an aromatic ring is 2. The van der Waals surface area contributed by atoms with Crippen molar-refractivity contribution < 1.29 is 4.39 Å². The lowest BCUT2D eigenvalue weighted by Crippen LogP contribution is -2.04. The van der Waals surface area contributed by atoms with Crippen LogP contribution in [0, 0.1) is 12.7 Å². The molecule has 7 heteroatoms. The Hall–Kier alpha value is -4.26. The lowest BCUT2D eigenvalue weighted by molar-refractivity contribution is 0.628. The van der Waals surface area contributed by atoms with Crippen LogP contribution < -0.4 is 27.4 Å². The number of anilines is 8. The molecule has 0 unspecified atom stereocenters. The molecule has 0 atom stereocenters. The van der Waals surface area contributed by atoms with E-state index in [0.717, 1.165) is 34.1 Å². The molecule has 0 spiro atoms. The number of nitrogens with two attached hydrogens (primary N) is 2. The standard InChI is InChI=1S/C24H23FN6/c1-15-20(7-4-12-28-15)30-23-14-24(19(27)13-18(23)26)31-22-6-3-2-5-21(22)29-17-10-8-16(25)9-11-17/h2-14,29-31H,26-27H2,1H3. The summed E-state index contributed by atoms with van der Waals surface area (Å²) in [4.78, 5) is 4.29. The summed E-state index contributed by atoms with van der Waals surface area (Å²) in [5, 5.41) is 9.98. The molecule has 0 radical (unpaired) electrons. The van der Waals surface area contributed by atoms with E-state index in [1.54, 1.807) is 24.4 Å². The summed E-state index contributed by atoms with van der Waals surface area (Å²) in [6.07, 6.45) is 1.74. The van der Waals surface area contributed by atoms with Crippen molar-refractivity contribution >= 4 is 45.5 Å². The smallest absolute Gasteiger partial charge is 0.123 e. The molecule has 0 saturated heterocycles. The van der Waals surface area contributed by atoms with Gasteiger partial charge in [-0.25, -0.2) is 4.39 Å². The van der Waals surface area contributed by atoms with E-state index in [1.165, 1.54) is 12.1 Å². The summed E-state index contributed by atoms with van der Waals surface area (Å²) >= 11 is 0. The molecule has 6 nitrogen and oxygen atoms in total. The number of hydrogen-bond acceptors (Lipinski definition) is 6. The Morgan fingerprint density at radius 2 is 1.26 bits per heavy atom. The van der Waals surface area contributed by atoms with Crippen molar-refractivity contribution in [1.29, 1.82) is 0 Å². The first kappa shape index (κ1) is 20.0. The molecular weight excluding hydrogens is 391 g/mol. The first-order valence-electron chi connectivity index (χ1n) is 9.76. The van der Waals surface area contributed by atoms with Crippen LogP contribution in [-0.4, -0.2) is 4.98 Å². The fourth-order valence-electron chi connectivity index (χ4n) is 3.15. The van der Waals surface area contributed by atoms with Crippen LogP contribution in [-0.2, 0) is 0 Å². The van der Waals surface area contributed by atoms with Crippen molar-refractivity contribution in [3.05, 3.63) is 90.5 Å². The normalized spacial score (nSPS) is 10.5. The molecule has 1 heterocycles. The number of pyridine rings is 1. The fourth-order valence-corrected chi connectivity index (χ4v) is 3.15. The summed E-state index contributed by atoms with van der Waals surface area (Å²) in [6.45, 7) is 1.92. The molecule has 7 N–H and O–H groups in total. The second-order valence-electron chi connectivity index (χ2n) is 7.09. The average molecular weight is 414 g/mol. The Bertz CT molecular complexity index is 1210. The predicted octanol–water partition coefficient (Wildman–Crippen LogP) is 5.92. The maximum atomic E-state index is 13.2. The summed E-state index contributed by atoms with van der Waals surface area (Å²) < 4.78 is 13.2. The average Bonchev–Trinajstić information content (AvgIpc) is 2.76. The van der Waals surface area contributed by atoms with Gasteiger partial charge in [0.15, 0.2) is 0 Å². The maximum absolute atomic E-state index is 13.2. The van der Waals surface area contributed by atoms with Crippen LogP contribution in [0.2, 0.25) is 0 Å². The lowest BCUT2D eigenvalue weighted by Gasteiger charge is -2.18. The first-order valence-corrected chi connectivity index (χ1v) is 9.76. The molecule has 0 amide bonds. The van der Waals surface area contributed by atoms with Crippen molar-refractivity contribution in [2.45, 2.75) is 6.92 Å². The van der Waals surface area contributed by atoms with Crippen molar-refractivity contribution in [3.63, 3.8) is 0 Å². The number of hydrogen-bond donors (Lipinski definition) is 5. The number of aryl methyl sites for hydroxylation is 1. The Labute approximate surface area is 180 Å². The van der Waals surface area contributed by atoms with E-state index in [0.29, 0.717) is 17.1 Å². The van der Waals surface area contributed by atoms with Crippen LogP contribution in [0.5, 0.6) is 0 Å². The summed E-state index contributed by atoms with van der Waals surface area (Å²) in [6, 6.07) is 21.3. The minimum absolute atomic E-state index is 0.282. The van der Waals surface area contributed by atoms with Crippen LogP contribution in [0.15, 0.2) is 79.0 Å². The SMILES string of the molecule is Cc1ncccc1Nc1cc(Nc2ccccc2Nc2ccc(F)cc2)c(N)cc1N. The van der Waals surface area contributed by atoms with Gasteiger partial charge in [0.25, 0.3) is 0 Å². The highest BCUT2D eigenvalue weighted by Crippen LogP contribution is 2.36. The molecule has 0 fully saturated rings. The van der Waals surface area contributed by atoms with E-state index in [4.69, 9.17) is 11.5 Å². The summed E-state index contributed by atoms with van der Waals surface area (Å²) in [5.41, 5.74) is 19.0. The number of rotatable bonds is 6. The highest BCUT2D eigenvalue weighted by molar-refractivity contribution is 5.88. The van der Waals surface area contributed by atoms with Crippen molar-refractivity contribution in [2.24, 2.45) is 0 Å². The largest absolute Gasteiger partial charge is 0.397 e. The summed E-state index contributed by atoms with van der Waals surface area (Å²) in [7, 11) is 0. The van der Waals surface area contributed by atoms with E-state index in [9.17, 15) is 4.39 Å². The van der Waals surface area contributed by atoms with Crippen molar-refractivity contribution in [1.82, 2.24) is 4.98 Å². The predicted molar refractivity (Wildman–Crippen MR) is 127 cm³/mol. The first-order chi connectivity index (χ1) is 15.0. The third kappa shape index (κ3) is 4.67. The fraction of sp³-hybridized carbons (Fsp3) is 0.0417. The van der Waals surface area contributed by atoms with Crippen LogP contribution in [0.25, 0.3) is 0 Å². The van der Waals surface area contributed by atoms with E-state index >= 15 is 0 Å². The highest BCUT2D eigenvalue weighted by atomic mass is 19.1. The number of nitrogens with one attached hydrogen (secondary N) is 3. The number of aromatic nitrogens is 1. The number of benzene rings is 3. The quantitative estimate of drug-likeness (QED) is 0.251. The third-order valence-corrected chi connectivity index (χ3v) is 4.82. The highest BCUT2D eigenvalue weighted by Gasteiger charge is 2.10. The molecule has 0 aliphatic carbocycles. The monoisotopic (exact) mass is 414 g/mol. The van der Waals surface area contributed by atoms with E-state index in [-0.39, 0.29) is 5.82 Å². The lowest BCUT2D eigenvalue weighted by atomic mass is 10.1. The maximum Gasteiger partial charge on any atom is 0.123 e. The number of nitrogens with zero attached hydrogens (tertiary/aromatic N) is 1. The molecule has 4 rings (SSSR count). The molecule has 0 aliphatic heterocycles. The molecule has 4 aromatic rings. The topological polar surface area (TPSA) is 101 Å². The zero-order valence-electron chi connectivity index (χ0n) is 17.0. The molecule has 31 heavy (non-hydrogen) atoms. The Morgan fingerprint density at radius 1 is 0.677 bits per heavy atom.